The summed E-state index contributed by atoms with van der Waals surface area (Å²) in [6, 6.07) is 0. The highest BCUT2D eigenvalue weighted by Gasteiger charge is 2.26. The van der Waals surface area contributed by atoms with E-state index in [0.29, 0.717) is 17.0 Å². The van der Waals surface area contributed by atoms with Crippen molar-refractivity contribution in [1.82, 2.24) is 0 Å². The van der Waals surface area contributed by atoms with E-state index in [9.17, 15) is 4.79 Å². The Balaban J connectivity index is 2.51. The van der Waals surface area contributed by atoms with Gasteiger partial charge in [-0.15, -0.1) is 0 Å². The molecule has 0 aliphatic heterocycles. The first-order valence-electron chi connectivity index (χ1n) is 3.82. The molecular weight excluding hydrogens is 144 g/mol. The van der Waals surface area contributed by atoms with Crippen LogP contribution in [0.5, 0.6) is 0 Å². The van der Waals surface area contributed by atoms with Gasteiger partial charge in [0.15, 0.2) is 0 Å². The summed E-state index contributed by atoms with van der Waals surface area (Å²) in [6.07, 6.45) is 5.47. The largest absolute Gasteiger partial charge is 0.298 e. The van der Waals surface area contributed by atoms with Gasteiger partial charge in [-0.2, -0.15) is 11.8 Å². The van der Waals surface area contributed by atoms with Crippen LogP contribution in [0.25, 0.3) is 0 Å². The molecule has 10 heavy (non-hydrogen) atoms. The lowest BCUT2D eigenvalue weighted by Crippen LogP contribution is -2.28. The van der Waals surface area contributed by atoms with E-state index in [4.69, 9.17) is 0 Å². The van der Waals surface area contributed by atoms with Gasteiger partial charge in [-0.3, -0.25) is 4.79 Å². The van der Waals surface area contributed by atoms with E-state index >= 15 is 0 Å². The van der Waals surface area contributed by atoms with Crippen molar-refractivity contribution in [3.05, 3.63) is 0 Å². The van der Waals surface area contributed by atoms with Crippen LogP contribution in [0.4, 0.5) is 0 Å². The van der Waals surface area contributed by atoms with Gasteiger partial charge < -0.3 is 0 Å². The van der Waals surface area contributed by atoms with E-state index in [0.717, 1.165) is 12.8 Å². The molecule has 1 fully saturated rings. The molecule has 0 saturated heterocycles. The summed E-state index contributed by atoms with van der Waals surface area (Å²) in [5.74, 6) is 0.796. The lowest BCUT2D eigenvalue weighted by Gasteiger charge is -2.23. The average molecular weight is 158 g/mol. The Hall–Kier alpha value is 0.0200. The fourth-order valence-corrected chi connectivity index (χ4v) is 2.31. The van der Waals surface area contributed by atoms with Gasteiger partial charge in [-0.05, 0) is 19.1 Å². The maximum absolute atomic E-state index is 11.3. The molecule has 1 nitrogen and oxygen atoms in total. The first-order valence-corrected chi connectivity index (χ1v) is 5.11. The predicted octanol–water partition coefficient (Wildman–Crippen LogP) is 2.11. The number of ketones is 1. The number of Topliss-reactive ketones (excluding diaryl/α,β-unsaturated/α-hetero) is 1. The molecule has 58 valence electrons. The van der Waals surface area contributed by atoms with Crippen molar-refractivity contribution in [2.24, 2.45) is 5.92 Å². The monoisotopic (exact) mass is 158 g/mol. The maximum atomic E-state index is 11.3. The van der Waals surface area contributed by atoms with Crippen molar-refractivity contribution < 1.29 is 4.79 Å². The topological polar surface area (TPSA) is 17.1 Å². The molecule has 2 atom stereocenters. The fourth-order valence-electron chi connectivity index (χ4n) is 1.45. The molecular formula is C8H14OS. The van der Waals surface area contributed by atoms with Crippen LogP contribution in [0.2, 0.25) is 0 Å². The molecule has 0 heterocycles. The second-order valence-electron chi connectivity index (χ2n) is 2.96. The Morgan fingerprint density at radius 1 is 1.50 bits per heavy atom. The lowest BCUT2D eigenvalue weighted by atomic mass is 9.89. The summed E-state index contributed by atoms with van der Waals surface area (Å²) in [5, 5.41) is 0.309. The predicted molar refractivity (Wildman–Crippen MR) is 45.3 cm³/mol. The molecule has 1 aliphatic carbocycles. The van der Waals surface area contributed by atoms with E-state index in [1.54, 1.807) is 11.8 Å². The van der Waals surface area contributed by atoms with E-state index in [2.05, 4.69) is 0 Å². The third kappa shape index (κ3) is 1.54. The third-order valence-corrected chi connectivity index (χ3v) is 3.23. The zero-order valence-corrected chi connectivity index (χ0v) is 7.41. The van der Waals surface area contributed by atoms with Crippen molar-refractivity contribution in [2.75, 3.05) is 6.26 Å². The number of hydrogen-bond acceptors (Lipinski definition) is 2. The van der Waals surface area contributed by atoms with E-state index < -0.39 is 0 Å². The highest BCUT2D eigenvalue weighted by Crippen LogP contribution is 2.27. The smallest absolute Gasteiger partial charge is 0.148 e. The van der Waals surface area contributed by atoms with Crippen LogP contribution in [-0.4, -0.2) is 17.3 Å². The maximum Gasteiger partial charge on any atom is 0.148 e. The minimum absolute atomic E-state index is 0.309. The summed E-state index contributed by atoms with van der Waals surface area (Å²) < 4.78 is 0. The van der Waals surface area contributed by atoms with Crippen LogP contribution in [-0.2, 0) is 4.79 Å². The number of hydrogen-bond donors (Lipinski definition) is 0. The Morgan fingerprint density at radius 2 is 2.20 bits per heavy atom. The standard InChI is InChI=1S/C8H14OS/c1-6-4-3-5-7(10-2)8(6)9/h6-7H,3-5H2,1-2H3. The van der Waals surface area contributed by atoms with Crippen LogP contribution in [0.1, 0.15) is 26.2 Å². The van der Waals surface area contributed by atoms with Gasteiger partial charge in [0, 0.05) is 5.92 Å². The molecule has 0 aromatic carbocycles. The molecule has 0 bridgehead atoms. The van der Waals surface area contributed by atoms with Gasteiger partial charge in [-0.1, -0.05) is 13.3 Å². The highest BCUT2D eigenvalue weighted by molar-refractivity contribution is 7.99. The zero-order chi connectivity index (χ0) is 7.56. The Morgan fingerprint density at radius 3 is 2.70 bits per heavy atom. The molecule has 2 heteroatoms. The number of thioether (sulfide) groups is 1. The first-order chi connectivity index (χ1) is 4.75. The Kier molecular flexibility index (Phi) is 2.78. The van der Waals surface area contributed by atoms with Gasteiger partial charge in [0.25, 0.3) is 0 Å². The van der Waals surface area contributed by atoms with E-state index in [1.165, 1.54) is 6.42 Å². The Labute approximate surface area is 66.6 Å². The quantitative estimate of drug-likeness (QED) is 0.581. The van der Waals surface area contributed by atoms with Crippen LogP contribution < -0.4 is 0 Å². The molecule has 1 aliphatic rings. The average Bonchev–Trinajstić information content (AvgIpc) is 1.95. The normalized spacial score (nSPS) is 34.4. The molecule has 2 unspecified atom stereocenters. The van der Waals surface area contributed by atoms with Crippen molar-refractivity contribution in [3.63, 3.8) is 0 Å². The summed E-state index contributed by atoms with van der Waals surface area (Å²) >= 11 is 1.71. The Bertz CT molecular complexity index is 133. The second-order valence-corrected chi connectivity index (χ2v) is 4.00. The lowest BCUT2D eigenvalue weighted by molar-refractivity contribution is -0.123. The van der Waals surface area contributed by atoms with Gasteiger partial charge in [0.2, 0.25) is 0 Å². The zero-order valence-electron chi connectivity index (χ0n) is 6.59. The molecule has 1 rings (SSSR count). The summed E-state index contributed by atoms with van der Waals surface area (Å²) in [5.41, 5.74) is 0. The molecule has 0 spiro atoms. The second kappa shape index (κ2) is 3.42. The summed E-state index contributed by atoms with van der Waals surface area (Å²) in [6.45, 7) is 2.05. The molecule has 0 aromatic heterocycles. The molecule has 0 amide bonds. The molecule has 0 N–H and O–H groups in total. The number of carbonyl (C=O) groups is 1. The fraction of sp³-hybridized carbons (Fsp3) is 0.875. The van der Waals surface area contributed by atoms with Crippen LogP contribution in [0.3, 0.4) is 0 Å². The van der Waals surface area contributed by atoms with E-state index in [1.807, 2.05) is 13.2 Å². The van der Waals surface area contributed by atoms with Gasteiger partial charge >= 0.3 is 0 Å². The van der Waals surface area contributed by atoms with Crippen LogP contribution in [0.15, 0.2) is 0 Å². The van der Waals surface area contributed by atoms with Crippen molar-refractivity contribution in [2.45, 2.75) is 31.4 Å². The number of carbonyl (C=O) groups excluding carboxylic acids is 1. The molecule has 0 aromatic rings. The highest BCUT2D eigenvalue weighted by atomic mass is 32.2. The molecule has 0 radical (unpaired) electrons. The van der Waals surface area contributed by atoms with Crippen molar-refractivity contribution >= 4 is 17.5 Å². The molecule has 1 saturated carbocycles. The number of rotatable bonds is 1. The van der Waals surface area contributed by atoms with Gasteiger partial charge in [-0.25, -0.2) is 0 Å². The van der Waals surface area contributed by atoms with Crippen LogP contribution in [0, 0.1) is 5.92 Å². The third-order valence-electron chi connectivity index (χ3n) is 2.19. The van der Waals surface area contributed by atoms with Gasteiger partial charge in [0.1, 0.15) is 5.78 Å². The summed E-state index contributed by atoms with van der Waals surface area (Å²) in [4.78, 5) is 11.3. The minimum atomic E-state index is 0.309. The first kappa shape index (κ1) is 8.12. The minimum Gasteiger partial charge on any atom is -0.298 e. The van der Waals surface area contributed by atoms with Crippen molar-refractivity contribution in [3.8, 4) is 0 Å². The van der Waals surface area contributed by atoms with E-state index in [-0.39, 0.29) is 0 Å². The van der Waals surface area contributed by atoms with Gasteiger partial charge in [0.05, 0.1) is 5.25 Å². The van der Waals surface area contributed by atoms with Crippen LogP contribution >= 0.6 is 11.8 Å². The van der Waals surface area contributed by atoms with Crippen molar-refractivity contribution in [1.29, 1.82) is 0 Å². The summed E-state index contributed by atoms with van der Waals surface area (Å²) in [7, 11) is 0. The SMILES string of the molecule is CSC1CCCC(C)C1=O.